The first-order valence-corrected chi connectivity index (χ1v) is 10.4. The van der Waals surface area contributed by atoms with Crippen molar-refractivity contribution in [2.24, 2.45) is 0 Å². The topological polar surface area (TPSA) is 49.4 Å². The summed E-state index contributed by atoms with van der Waals surface area (Å²) in [4.78, 5) is 28.5. The van der Waals surface area contributed by atoms with Crippen LogP contribution in [0.3, 0.4) is 0 Å². The molecule has 4 heteroatoms. The Morgan fingerprint density at radius 3 is 1.94 bits per heavy atom. The third-order valence-electron chi connectivity index (χ3n) is 5.67. The zero-order chi connectivity index (χ0) is 22.3. The summed E-state index contributed by atoms with van der Waals surface area (Å²) >= 11 is 0. The smallest absolute Gasteiger partial charge is 0.282 e. The first kappa shape index (κ1) is 20.6. The van der Waals surface area contributed by atoms with Crippen molar-refractivity contribution in [2.45, 2.75) is 34.6 Å². The zero-order valence-corrected chi connectivity index (χ0v) is 18.5. The molecule has 1 heterocycles. The van der Waals surface area contributed by atoms with E-state index >= 15 is 0 Å². The van der Waals surface area contributed by atoms with E-state index in [2.05, 4.69) is 11.4 Å². The fourth-order valence-electron chi connectivity index (χ4n) is 3.90. The van der Waals surface area contributed by atoms with Gasteiger partial charge in [0.05, 0.1) is 11.3 Å². The number of nitrogens with one attached hydrogen (secondary N) is 1. The maximum atomic E-state index is 13.6. The summed E-state index contributed by atoms with van der Waals surface area (Å²) in [6.45, 7) is 9.88. The number of amides is 2. The van der Waals surface area contributed by atoms with Crippen LogP contribution in [0.2, 0.25) is 0 Å². The maximum Gasteiger partial charge on any atom is 0.282 e. The molecule has 1 aliphatic heterocycles. The third-order valence-corrected chi connectivity index (χ3v) is 5.67. The van der Waals surface area contributed by atoms with Crippen LogP contribution in [0.5, 0.6) is 0 Å². The molecule has 156 valence electrons. The first-order valence-electron chi connectivity index (χ1n) is 10.4. The fourth-order valence-corrected chi connectivity index (χ4v) is 3.90. The quantitative estimate of drug-likeness (QED) is 0.568. The first-order chi connectivity index (χ1) is 14.8. The van der Waals surface area contributed by atoms with Gasteiger partial charge in [-0.1, -0.05) is 59.7 Å². The average molecular weight is 411 g/mol. The second kappa shape index (κ2) is 7.88. The molecule has 0 bridgehead atoms. The van der Waals surface area contributed by atoms with Gasteiger partial charge in [0, 0.05) is 5.69 Å². The van der Waals surface area contributed by atoms with E-state index < -0.39 is 0 Å². The van der Waals surface area contributed by atoms with Crippen molar-refractivity contribution in [2.75, 3.05) is 10.2 Å². The molecule has 0 saturated carbocycles. The van der Waals surface area contributed by atoms with Crippen molar-refractivity contribution in [3.05, 3.63) is 99.7 Å². The number of nitrogens with zero attached hydrogens (tertiary/aromatic N) is 1. The number of benzene rings is 3. The molecule has 2 amide bonds. The van der Waals surface area contributed by atoms with E-state index in [1.54, 1.807) is 0 Å². The highest BCUT2D eigenvalue weighted by Crippen LogP contribution is 2.36. The van der Waals surface area contributed by atoms with Gasteiger partial charge in [-0.05, 0) is 69.0 Å². The van der Waals surface area contributed by atoms with E-state index in [4.69, 9.17) is 0 Å². The molecular formula is C27H26N2O2. The minimum absolute atomic E-state index is 0.307. The lowest BCUT2D eigenvalue weighted by atomic mass is 10.0. The van der Waals surface area contributed by atoms with Crippen LogP contribution in [-0.2, 0) is 9.59 Å². The molecule has 3 aromatic carbocycles. The Hall–Kier alpha value is -3.66. The number of anilines is 2. The monoisotopic (exact) mass is 410 g/mol. The number of carbonyl (C=O) groups excluding carboxylic acids is 2. The highest BCUT2D eigenvalue weighted by molar-refractivity contribution is 6.46. The van der Waals surface area contributed by atoms with Crippen LogP contribution in [0.4, 0.5) is 11.4 Å². The Balaban J connectivity index is 1.87. The van der Waals surface area contributed by atoms with Gasteiger partial charge in [-0.15, -0.1) is 0 Å². The number of carbonyl (C=O) groups is 2. The molecule has 0 fully saturated rings. The van der Waals surface area contributed by atoms with Gasteiger partial charge in [0.1, 0.15) is 5.70 Å². The van der Waals surface area contributed by atoms with Crippen LogP contribution >= 0.6 is 0 Å². The van der Waals surface area contributed by atoms with E-state index in [-0.39, 0.29) is 11.8 Å². The number of hydrogen-bond donors (Lipinski definition) is 1. The van der Waals surface area contributed by atoms with Crippen molar-refractivity contribution >= 4 is 28.8 Å². The molecule has 4 rings (SSSR count). The van der Waals surface area contributed by atoms with Crippen LogP contribution in [0, 0.1) is 34.6 Å². The summed E-state index contributed by atoms with van der Waals surface area (Å²) in [5.41, 5.74) is 7.99. The fraction of sp³-hybridized carbons (Fsp3) is 0.185. The number of rotatable bonds is 4. The lowest BCUT2D eigenvalue weighted by Gasteiger charge is -2.18. The molecule has 0 saturated heterocycles. The maximum absolute atomic E-state index is 13.6. The van der Waals surface area contributed by atoms with Gasteiger partial charge in [-0.25, -0.2) is 4.90 Å². The van der Waals surface area contributed by atoms with E-state index in [0.717, 1.165) is 39.1 Å². The molecule has 4 nitrogen and oxygen atoms in total. The molecule has 1 N–H and O–H groups in total. The van der Waals surface area contributed by atoms with Gasteiger partial charge < -0.3 is 5.32 Å². The minimum Gasteiger partial charge on any atom is -0.350 e. The Morgan fingerprint density at radius 1 is 0.645 bits per heavy atom. The lowest BCUT2D eigenvalue weighted by Crippen LogP contribution is -2.33. The van der Waals surface area contributed by atoms with Crippen LogP contribution in [-0.4, -0.2) is 11.8 Å². The standard InChI is InChI=1S/C27H26N2O2/c1-16-7-11-21(12-8-16)24-25(28-22-13-9-17(2)14-20(22)5)27(31)29(26(24)30)23-15-18(3)6-10-19(23)4/h6-15,28H,1-5H3. The molecule has 0 atom stereocenters. The van der Waals surface area contributed by atoms with Gasteiger partial charge in [0.25, 0.3) is 11.8 Å². The minimum atomic E-state index is -0.339. The summed E-state index contributed by atoms with van der Waals surface area (Å²) < 4.78 is 0. The van der Waals surface area contributed by atoms with E-state index in [1.807, 2.05) is 89.2 Å². The normalized spacial score (nSPS) is 13.9. The molecule has 1 aliphatic rings. The third kappa shape index (κ3) is 3.77. The molecule has 0 spiro atoms. The summed E-state index contributed by atoms with van der Waals surface area (Å²) in [5.74, 6) is -0.649. The summed E-state index contributed by atoms with van der Waals surface area (Å²) in [7, 11) is 0. The van der Waals surface area contributed by atoms with Crippen LogP contribution in [0.1, 0.15) is 33.4 Å². The molecule has 0 radical (unpaired) electrons. The molecule has 3 aromatic rings. The molecule has 31 heavy (non-hydrogen) atoms. The Labute approximate surface area is 183 Å². The molecule has 0 aliphatic carbocycles. The van der Waals surface area contributed by atoms with E-state index in [0.29, 0.717) is 17.0 Å². The average Bonchev–Trinajstić information content (AvgIpc) is 2.96. The number of hydrogen-bond acceptors (Lipinski definition) is 3. The highest BCUT2D eigenvalue weighted by atomic mass is 16.2. The predicted molar refractivity (Wildman–Crippen MR) is 126 cm³/mol. The molecule has 0 aromatic heterocycles. The van der Waals surface area contributed by atoms with Gasteiger partial charge in [0.15, 0.2) is 0 Å². The van der Waals surface area contributed by atoms with E-state index in [1.165, 1.54) is 4.90 Å². The van der Waals surface area contributed by atoms with Crippen molar-refractivity contribution in [1.29, 1.82) is 0 Å². The van der Waals surface area contributed by atoms with E-state index in [9.17, 15) is 9.59 Å². The molecule has 0 unspecified atom stereocenters. The van der Waals surface area contributed by atoms with Crippen LogP contribution < -0.4 is 10.2 Å². The molecular weight excluding hydrogens is 384 g/mol. The van der Waals surface area contributed by atoms with Crippen LogP contribution in [0.25, 0.3) is 5.57 Å². The second-order valence-corrected chi connectivity index (χ2v) is 8.30. The van der Waals surface area contributed by atoms with Crippen molar-refractivity contribution in [1.82, 2.24) is 0 Å². The van der Waals surface area contributed by atoms with Crippen molar-refractivity contribution < 1.29 is 9.59 Å². The zero-order valence-electron chi connectivity index (χ0n) is 18.5. The largest absolute Gasteiger partial charge is 0.350 e. The van der Waals surface area contributed by atoms with Gasteiger partial charge in [0.2, 0.25) is 0 Å². The van der Waals surface area contributed by atoms with Gasteiger partial charge in [-0.3, -0.25) is 9.59 Å². The number of imide groups is 1. The van der Waals surface area contributed by atoms with Crippen LogP contribution in [0.15, 0.2) is 66.4 Å². The SMILES string of the molecule is Cc1ccc(C2=C(Nc3ccc(C)cc3C)C(=O)N(c3cc(C)ccc3C)C2=O)cc1. The summed E-state index contributed by atoms with van der Waals surface area (Å²) in [6, 6.07) is 19.5. The Kier molecular flexibility index (Phi) is 5.24. The second-order valence-electron chi connectivity index (χ2n) is 8.30. The summed E-state index contributed by atoms with van der Waals surface area (Å²) in [6.07, 6.45) is 0. The summed E-state index contributed by atoms with van der Waals surface area (Å²) in [5, 5.41) is 3.28. The highest BCUT2D eigenvalue weighted by Gasteiger charge is 2.41. The number of aryl methyl sites for hydroxylation is 5. The van der Waals surface area contributed by atoms with Gasteiger partial charge >= 0.3 is 0 Å². The van der Waals surface area contributed by atoms with Crippen molar-refractivity contribution in [3.8, 4) is 0 Å². The predicted octanol–water partition coefficient (Wildman–Crippen LogP) is 5.63. The Morgan fingerprint density at radius 2 is 1.26 bits per heavy atom. The Bertz CT molecular complexity index is 1240. The van der Waals surface area contributed by atoms with Crippen molar-refractivity contribution in [3.63, 3.8) is 0 Å². The lowest BCUT2D eigenvalue weighted by molar-refractivity contribution is -0.120. The van der Waals surface area contributed by atoms with Gasteiger partial charge in [-0.2, -0.15) is 0 Å².